The summed E-state index contributed by atoms with van der Waals surface area (Å²) in [6.07, 6.45) is 1.07. The summed E-state index contributed by atoms with van der Waals surface area (Å²) in [5.41, 5.74) is 4.92. The number of anilines is 1. The Kier molecular flexibility index (Phi) is 5.37. The third-order valence-electron chi connectivity index (χ3n) is 4.39. The van der Waals surface area contributed by atoms with E-state index in [-0.39, 0.29) is 5.91 Å². The van der Waals surface area contributed by atoms with Gasteiger partial charge in [-0.3, -0.25) is 9.48 Å². The number of nitrogens with zero attached hydrogens (tertiary/aromatic N) is 3. The lowest BCUT2D eigenvalue weighted by atomic mass is 10.1. The van der Waals surface area contributed by atoms with Crippen molar-refractivity contribution in [2.75, 3.05) is 12.4 Å². The van der Waals surface area contributed by atoms with Crippen LogP contribution in [0.2, 0.25) is 0 Å². The van der Waals surface area contributed by atoms with Gasteiger partial charge in [0.15, 0.2) is 5.13 Å². The third kappa shape index (κ3) is 3.77. The second-order valence-electron chi connectivity index (χ2n) is 6.06. The van der Waals surface area contributed by atoms with Gasteiger partial charge in [-0.05, 0) is 38.0 Å². The molecule has 1 N–H and O–H groups in total. The lowest BCUT2D eigenvalue weighted by Gasteiger charge is -2.05. The van der Waals surface area contributed by atoms with Crippen molar-refractivity contribution >= 4 is 22.4 Å². The fourth-order valence-electron chi connectivity index (χ4n) is 2.91. The maximum atomic E-state index is 12.3. The number of carbonyl (C=O) groups excluding carboxylic acids is 1. The lowest BCUT2D eigenvalue weighted by Crippen LogP contribution is -2.12. The quantitative estimate of drug-likeness (QED) is 0.718. The van der Waals surface area contributed by atoms with Gasteiger partial charge in [0, 0.05) is 30.1 Å². The highest BCUT2D eigenvalue weighted by molar-refractivity contribution is 7.14. The number of thiazole rings is 1. The minimum Gasteiger partial charge on any atom is -0.496 e. The molecule has 7 heteroatoms. The summed E-state index contributed by atoms with van der Waals surface area (Å²) < 4.78 is 7.22. The van der Waals surface area contributed by atoms with Crippen LogP contribution in [-0.2, 0) is 18.3 Å². The van der Waals surface area contributed by atoms with Gasteiger partial charge in [-0.2, -0.15) is 5.10 Å². The average molecular weight is 370 g/mol. The van der Waals surface area contributed by atoms with E-state index in [1.165, 1.54) is 11.3 Å². The van der Waals surface area contributed by atoms with Crippen molar-refractivity contribution in [3.63, 3.8) is 0 Å². The van der Waals surface area contributed by atoms with Gasteiger partial charge < -0.3 is 10.1 Å². The predicted octanol–water partition coefficient (Wildman–Crippen LogP) is 3.74. The zero-order valence-corrected chi connectivity index (χ0v) is 16.2. The molecule has 0 unspecified atom stereocenters. The van der Waals surface area contributed by atoms with Gasteiger partial charge in [0.2, 0.25) is 5.91 Å². The van der Waals surface area contributed by atoms with E-state index in [2.05, 4.69) is 15.4 Å². The van der Waals surface area contributed by atoms with Crippen LogP contribution in [0.4, 0.5) is 5.13 Å². The van der Waals surface area contributed by atoms with Crippen LogP contribution in [0.5, 0.6) is 5.75 Å². The summed E-state index contributed by atoms with van der Waals surface area (Å²) >= 11 is 1.41. The monoisotopic (exact) mass is 370 g/mol. The molecule has 0 saturated carbocycles. The molecular formula is C19H22N4O2S. The molecule has 3 rings (SSSR count). The normalized spacial score (nSPS) is 10.8. The SMILES string of the molecule is COc1ccccc1-c1csc(NC(=O)CCc2c(C)nn(C)c2C)n1. The molecule has 2 heterocycles. The zero-order chi connectivity index (χ0) is 18.7. The van der Waals surface area contributed by atoms with Gasteiger partial charge >= 0.3 is 0 Å². The Morgan fingerprint density at radius 3 is 2.77 bits per heavy atom. The van der Waals surface area contributed by atoms with Crippen LogP contribution in [0.25, 0.3) is 11.3 Å². The number of aryl methyl sites for hydroxylation is 2. The van der Waals surface area contributed by atoms with E-state index >= 15 is 0 Å². The van der Waals surface area contributed by atoms with Crippen molar-refractivity contribution in [3.05, 3.63) is 46.6 Å². The summed E-state index contributed by atoms with van der Waals surface area (Å²) in [5, 5.41) is 9.79. The van der Waals surface area contributed by atoms with E-state index in [1.54, 1.807) is 7.11 Å². The number of benzene rings is 1. The molecule has 0 aliphatic heterocycles. The van der Waals surface area contributed by atoms with E-state index in [4.69, 9.17) is 4.74 Å². The zero-order valence-electron chi connectivity index (χ0n) is 15.4. The van der Waals surface area contributed by atoms with Crippen molar-refractivity contribution < 1.29 is 9.53 Å². The molecule has 3 aromatic rings. The Morgan fingerprint density at radius 1 is 1.31 bits per heavy atom. The van der Waals surface area contributed by atoms with E-state index in [0.29, 0.717) is 18.0 Å². The Balaban J connectivity index is 1.64. The Hall–Kier alpha value is -2.67. The number of hydrogen-bond donors (Lipinski definition) is 1. The first-order valence-electron chi connectivity index (χ1n) is 8.37. The molecule has 6 nitrogen and oxygen atoms in total. The minimum absolute atomic E-state index is 0.0476. The van der Waals surface area contributed by atoms with E-state index < -0.39 is 0 Å². The summed E-state index contributed by atoms with van der Waals surface area (Å²) in [6.45, 7) is 3.99. The maximum absolute atomic E-state index is 12.3. The highest BCUT2D eigenvalue weighted by atomic mass is 32.1. The molecule has 0 aliphatic carbocycles. The van der Waals surface area contributed by atoms with Crippen LogP contribution >= 0.6 is 11.3 Å². The first-order chi connectivity index (χ1) is 12.5. The van der Waals surface area contributed by atoms with Crippen LogP contribution in [0, 0.1) is 13.8 Å². The number of aromatic nitrogens is 3. The fourth-order valence-corrected chi connectivity index (χ4v) is 3.64. The highest BCUT2D eigenvalue weighted by Crippen LogP contribution is 2.31. The molecule has 0 aliphatic rings. The number of carbonyl (C=O) groups is 1. The molecule has 26 heavy (non-hydrogen) atoms. The lowest BCUT2D eigenvalue weighted by molar-refractivity contribution is -0.116. The predicted molar refractivity (Wildman–Crippen MR) is 104 cm³/mol. The topological polar surface area (TPSA) is 69.0 Å². The first kappa shape index (κ1) is 18.1. The Labute approximate surface area is 156 Å². The van der Waals surface area contributed by atoms with Gasteiger partial charge in [0.25, 0.3) is 0 Å². The maximum Gasteiger partial charge on any atom is 0.226 e. The molecule has 0 atom stereocenters. The number of amides is 1. The van der Waals surface area contributed by atoms with Gasteiger partial charge in [-0.15, -0.1) is 11.3 Å². The van der Waals surface area contributed by atoms with Crippen LogP contribution in [0.3, 0.4) is 0 Å². The van der Waals surface area contributed by atoms with Crippen molar-refractivity contribution in [3.8, 4) is 17.0 Å². The van der Waals surface area contributed by atoms with E-state index in [0.717, 1.165) is 34.0 Å². The number of para-hydroxylation sites is 1. The molecule has 2 aromatic heterocycles. The summed E-state index contributed by atoms with van der Waals surface area (Å²) in [5.74, 6) is 0.715. The highest BCUT2D eigenvalue weighted by Gasteiger charge is 2.14. The molecule has 0 radical (unpaired) electrons. The molecule has 1 amide bonds. The van der Waals surface area contributed by atoms with Crippen LogP contribution in [-0.4, -0.2) is 27.8 Å². The van der Waals surface area contributed by atoms with Crippen molar-refractivity contribution in [1.29, 1.82) is 0 Å². The molecule has 136 valence electrons. The van der Waals surface area contributed by atoms with Gasteiger partial charge in [-0.25, -0.2) is 4.98 Å². The van der Waals surface area contributed by atoms with Crippen molar-refractivity contribution in [1.82, 2.24) is 14.8 Å². The average Bonchev–Trinajstić information content (AvgIpc) is 3.18. The largest absolute Gasteiger partial charge is 0.496 e. The number of hydrogen-bond acceptors (Lipinski definition) is 5. The molecule has 0 saturated heterocycles. The minimum atomic E-state index is -0.0476. The summed E-state index contributed by atoms with van der Waals surface area (Å²) in [6, 6.07) is 7.70. The molecule has 0 fully saturated rings. The van der Waals surface area contributed by atoms with Crippen LogP contribution < -0.4 is 10.1 Å². The van der Waals surface area contributed by atoms with E-state index in [1.807, 2.05) is 55.2 Å². The fraction of sp³-hybridized carbons (Fsp3) is 0.316. The standard InChI is InChI=1S/C19H22N4O2S/c1-12-14(13(2)23(3)22-12)9-10-18(24)21-19-20-16(11-26-19)15-7-5-6-8-17(15)25-4/h5-8,11H,9-10H2,1-4H3,(H,20,21,24). The molecule has 0 spiro atoms. The second kappa shape index (κ2) is 7.70. The number of nitrogens with one attached hydrogen (secondary N) is 1. The molecule has 0 bridgehead atoms. The third-order valence-corrected chi connectivity index (χ3v) is 5.15. The van der Waals surface area contributed by atoms with Crippen LogP contribution in [0.1, 0.15) is 23.4 Å². The van der Waals surface area contributed by atoms with Crippen molar-refractivity contribution in [2.45, 2.75) is 26.7 Å². The Morgan fingerprint density at radius 2 is 2.08 bits per heavy atom. The smallest absolute Gasteiger partial charge is 0.226 e. The van der Waals surface area contributed by atoms with Crippen LogP contribution in [0.15, 0.2) is 29.6 Å². The molecule has 1 aromatic carbocycles. The summed E-state index contributed by atoms with van der Waals surface area (Å²) in [7, 11) is 3.55. The second-order valence-corrected chi connectivity index (χ2v) is 6.92. The summed E-state index contributed by atoms with van der Waals surface area (Å²) in [4.78, 5) is 16.8. The van der Waals surface area contributed by atoms with E-state index in [9.17, 15) is 4.79 Å². The number of methoxy groups -OCH3 is 1. The molecular weight excluding hydrogens is 348 g/mol. The number of rotatable bonds is 6. The number of ether oxygens (including phenoxy) is 1. The van der Waals surface area contributed by atoms with Crippen molar-refractivity contribution in [2.24, 2.45) is 7.05 Å². The van der Waals surface area contributed by atoms with Gasteiger partial charge in [0.1, 0.15) is 5.75 Å². The first-order valence-corrected chi connectivity index (χ1v) is 9.25. The van der Waals surface area contributed by atoms with Gasteiger partial charge in [0.05, 0.1) is 18.5 Å². The van der Waals surface area contributed by atoms with Gasteiger partial charge in [-0.1, -0.05) is 12.1 Å². The Bertz CT molecular complexity index is 930.